The molecule has 23 heavy (non-hydrogen) atoms. The van der Waals surface area contributed by atoms with Gasteiger partial charge in [-0.3, -0.25) is 0 Å². The molecule has 0 unspecified atom stereocenters. The Morgan fingerprint density at radius 3 is 2.48 bits per heavy atom. The van der Waals surface area contributed by atoms with Crippen molar-refractivity contribution in [2.45, 2.75) is 4.90 Å². The summed E-state index contributed by atoms with van der Waals surface area (Å²) in [7, 11) is -3.75. The number of carboxylic acids is 1. The summed E-state index contributed by atoms with van der Waals surface area (Å²) >= 11 is 0. The number of carboxylic acid groups (broad SMARTS) is 1. The first kappa shape index (κ1) is 16.5. The monoisotopic (exact) mass is 334 g/mol. The number of nitrogens with zero attached hydrogens (tertiary/aromatic N) is 1. The largest absolute Gasteiger partial charge is 0.481 e. The van der Waals surface area contributed by atoms with Crippen molar-refractivity contribution < 1.29 is 23.1 Å². The SMILES string of the molecule is O=C(O)COc1ccccc1/C=N\NS(=O)(=O)c1ccccc1. The summed E-state index contributed by atoms with van der Waals surface area (Å²) in [6, 6.07) is 14.4. The van der Waals surface area contributed by atoms with Gasteiger partial charge in [0.2, 0.25) is 0 Å². The van der Waals surface area contributed by atoms with Crippen molar-refractivity contribution in [3.8, 4) is 5.75 Å². The topological polar surface area (TPSA) is 105 Å². The Morgan fingerprint density at radius 1 is 1.13 bits per heavy atom. The number of hydrazone groups is 1. The third kappa shape index (κ3) is 4.82. The Morgan fingerprint density at radius 2 is 1.78 bits per heavy atom. The Labute approximate surface area is 133 Å². The molecule has 2 N–H and O–H groups in total. The summed E-state index contributed by atoms with van der Waals surface area (Å²) in [6.07, 6.45) is 1.25. The smallest absolute Gasteiger partial charge is 0.341 e. The average molecular weight is 334 g/mol. The van der Waals surface area contributed by atoms with Gasteiger partial charge in [-0.15, -0.1) is 0 Å². The fourth-order valence-corrected chi connectivity index (χ4v) is 2.49. The molecule has 0 heterocycles. The highest BCUT2D eigenvalue weighted by Crippen LogP contribution is 2.15. The van der Waals surface area contributed by atoms with Crippen LogP contribution in [-0.2, 0) is 14.8 Å². The molecule has 0 aromatic heterocycles. The van der Waals surface area contributed by atoms with Crippen LogP contribution in [0.25, 0.3) is 0 Å². The van der Waals surface area contributed by atoms with Crippen LogP contribution in [0.2, 0.25) is 0 Å². The van der Waals surface area contributed by atoms with E-state index in [1.54, 1.807) is 42.5 Å². The molecule has 8 heteroatoms. The molecule has 2 aromatic carbocycles. The Bertz CT molecular complexity index is 804. The van der Waals surface area contributed by atoms with E-state index in [1.165, 1.54) is 18.3 Å². The van der Waals surface area contributed by atoms with Crippen molar-refractivity contribution in [1.29, 1.82) is 0 Å². The Hall–Kier alpha value is -2.87. The molecule has 0 spiro atoms. The van der Waals surface area contributed by atoms with Crippen LogP contribution in [0.15, 0.2) is 64.6 Å². The van der Waals surface area contributed by atoms with Gasteiger partial charge in [-0.2, -0.15) is 13.5 Å². The summed E-state index contributed by atoms with van der Waals surface area (Å²) in [5, 5.41) is 12.3. The molecule has 0 bridgehead atoms. The van der Waals surface area contributed by atoms with Gasteiger partial charge >= 0.3 is 5.97 Å². The van der Waals surface area contributed by atoms with Crippen molar-refractivity contribution in [3.05, 3.63) is 60.2 Å². The zero-order valence-electron chi connectivity index (χ0n) is 11.9. The third-order valence-corrected chi connectivity index (χ3v) is 3.94. The summed E-state index contributed by atoms with van der Waals surface area (Å²) < 4.78 is 29.1. The normalized spacial score (nSPS) is 11.3. The summed E-state index contributed by atoms with van der Waals surface area (Å²) in [5.74, 6) is -0.820. The van der Waals surface area contributed by atoms with E-state index in [-0.39, 0.29) is 10.6 Å². The minimum absolute atomic E-state index is 0.0903. The van der Waals surface area contributed by atoms with Crippen molar-refractivity contribution >= 4 is 22.2 Å². The highest BCUT2D eigenvalue weighted by Gasteiger charge is 2.11. The molecular weight excluding hydrogens is 320 g/mol. The number of aliphatic carboxylic acids is 1. The zero-order chi connectivity index (χ0) is 16.7. The molecule has 0 atom stereocenters. The van der Waals surface area contributed by atoms with Crippen LogP contribution in [0.3, 0.4) is 0 Å². The van der Waals surface area contributed by atoms with E-state index in [0.29, 0.717) is 5.56 Å². The molecule has 0 saturated heterocycles. The molecule has 0 aliphatic heterocycles. The minimum Gasteiger partial charge on any atom is -0.481 e. The fourth-order valence-electron chi connectivity index (χ4n) is 1.68. The van der Waals surface area contributed by atoms with Gasteiger partial charge in [0.15, 0.2) is 6.61 Å². The van der Waals surface area contributed by atoms with Crippen molar-refractivity contribution in [3.63, 3.8) is 0 Å². The van der Waals surface area contributed by atoms with Gasteiger partial charge in [0.1, 0.15) is 5.75 Å². The minimum atomic E-state index is -3.75. The number of hydrogen-bond donors (Lipinski definition) is 2. The molecule has 0 radical (unpaired) electrons. The van der Waals surface area contributed by atoms with Crippen molar-refractivity contribution in [1.82, 2.24) is 4.83 Å². The van der Waals surface area contributed by atoms with E-state index in [4.69, 9.17) is 9.84 Å². The molecule has 2 aromatic rings. The Balaban J connectivity index is 2.10. The zero-order valence-corrected chi connectivity index (χ0v) is 12.7. The number of ether oxygens (including phenoxy) is 1. The first-order valence-electron chi connectivity index (χ1n) is 6.52. The highest BCUT2D eigenvalue weighted by atomic mass is 32.2. The van der Waals surface area contributed by atoms with Crippen molar-refractivity contribution in [2.24, 2.45) is 5.10 Å². The maximum Gasteiger partial charge on any atom is 0.341 e. The van der Waals surface area contributed by atoms with Crippen LogP contribution >= 0.6 is 0 Å². The number of hydrogen-bond acceptors (Lipinski definition) is 5. The molecule has 120 valence electrons. The van der Waals surface area contributed by atoms with Crippen LogP contribution in [0.5, 0.6) is 5.75 Å². The number of carbonyl (C=O) groups is 1. The Kier molecular flexibility index (Phi) is 5.32. The van der Waals surface area contributed by atoms with E-state index in [0.717, 1.165) is 0 Å². The van der Waals surface area contributed by atoms with Crippen LogP contribution in [-0.4, -0.2) is 32.3 Å². The lowest BCUT2D eigenvalue weighted by Gasteiger charge is -2.06. The second-order valence-corrected chi connectivity index (χ2v) is 6.05. The molecule has 0 aliphatic carbocycles. The van der Waals surface area contributed by atoms with Crippen LogP contribution < -0.4 is 9.57 Å². The van der Waals surface area contributed by atoms with Crippen molar-refractivity contribution in [2.75, 3.05) is 6.61 Å². The van der Waals surface area contributed by atoms with Crippen LogP contribution in [0.4, 0.5) is 0 Å². The summed E-state index contributed by atoms with van der Waals surface area (Å²) in [4.78, 5) is 12.7. The van der Waals surface area contributed by atoms with Gasteiger partial charge in [0.05, 0.1) is 11.1 Å². The lowest BCUT2D eigenvalue weighted by atomic mass is 10.2. The molecule has 0 saturated carbocycles. The molecule has 0 aliphatic rings. The van der Waals surface area contributed by atoms with E-state index < -0.39 is 22.6 Å². The quantitative estimate of drug-likeness (QED) is 0.589. The summed E-state index contributed by atoms with van der Waals surface area (Å²) in [5.41, 5.74) is 0.449. The molecule has 0 fully saturated rings. The maximum atomic E-state index is 12.0. The highest BCUT2D eigenvalue weighted by molar-refractivity contribution is 7.89. The standard InChI is InChI=1S/C15H14N2O5S/c18-15(19)11-22-14-9-5-4-6-12(14)10-16-17-23(20,21)13-7-2-1-3-8-13/h1-10,17H,11H2,(H,18,19)/b16-10-. The number of rotatable bonds is 7. The van der Waals surface area contributed by atoms with E-state index in [9.17, 15) is 13.2 Å². The van der Waals surface area contributed by atoms with Gasteiger partial charge in [0.25, 0.3) is 10.0 Å². The molecule has 0 amide bonds. The third-order valence-electron chi connectivity index (χ3n) is 2.70. The van der Waals surface area contributed by atoms with Crippen LogP contribution in [0.1, 0.15) is 5.56 Å². The number of benzene rings is 2. The maximum absolute atomic E-state index is 12.0. The number of sulfonamides is 1. The average Bonchev–Trinajstić information content (AvgIpc) is 2.54. The van der Waals surface area contributed by atoms with E-state index >= 15 is 0 Å². The van der Waals surface area contributed by atoms with Gasteiger partial charge < -0.3 is 9.84 Å². The summed E-state index contributed by atoms with van der Waals surface area (Å²) in [6.45, 7) is -0.499. The first-order valence-corrected chi connectivity index (χ1v) is 8.01. The number of nitrogens with one attached hydrogen (secondary N) is 1. The van der Waals surface area contributed by atoms with Gasteiger partial charge in [0, 0.05) is 5.56 Å². The second-order valence-electron chi connectivity index (χ2n) is 4.39. The van der Waals surface area contributed by atoms with E-state index in [1.807, 2.05) is 0 Å². The fraction of sp³-hybridized carbons (Fsp3) is 0.0667. The van der Waals surface area contributed by atoms with Crippen LogP contribution in [0, 0.1) is 0 Å². The predicted octanol–water partition coefficient (Wildman–Crippen LogP) is 1.46. The van der Waals surface area contributed by atoms with Gasteiger partial charge in [-0.25, -0.2) is 9.63 Å². The van der Waals surface area contributed by atoms with Gasteiger partial charge in [-0.1, -0.05) is 30.3 Å². The van der Waals surface area contributed by atoms with Gasteiger partial charge in [-0.05, 0) is 24.3 Å². The molecule has 2 rings (SSSR count). The first-order chi connectivity index (χ1) is 11.0. The molecular formula is C15H14N2O5S. The number of para-hydroxylation sites is 1. The predicted molar refractivity (Wildman–Crippen MR) is 83.9 cm³/mol. The lowest BCUT2D eigenvalue weighted by molar-refractivity contribution is -0.139. The lowest BCUT2D eigenvalue weighted by Crippen LogP contribution is -2.18. The van der Waals surface area contributed by atoms with E-state index in [2.05, 4.69) is 9.93 Å². The second kappa shape index (κ2) is 7.41. The molecule has 7 nitrogen and oxygen atoms in total.